The fourth-order valence-electron chi connectivity index (χ4n) is 3.85. The van der Waals surface area contributed by atoms with Crippen LogP contribution in [0.2, 0.25) is 0 Å². The SMILES string of the molecule is CC(=O)N[C@@H](Cc1c[nH]c2ccccc12)C(=O)Nc1ccc(NC(=O)[C@H]2CCCO2)cc1. The van der Waals surface area contributed by atoms with E-state index in [9.17, 15) is 14.4 Å². The molecular formula is C24H26N4O4. The number of ether oxygens (including phenoxy) is 1. The van der Waals surface area contributed by atoms with Crippen LogP contribution in [0.25, 0.3) is 10.9 Å². The van der Waals surface area contributed by atoms with Crippen LogP contribution in [0.1, 0.15) is 25.3 Å². The number of anilines is 2. The number of aromatic nitrogens is 1. The average Bonchev–Trinajstić information content (AvgIpc) is 3.45. The van der Waals surface area contributed by atoms with E-state index in [4.69, 9.17) is 4.74 Å². The van der Waals surface area contributed by atoms with E-state index in [1.807, 2.05) is 30.5 Å². The van der Waals surface area contributed by atoms with E-state index in [0.29, 0.717) is 24.4 Å². The Hall–Kier alpha value is -3.65. The van der Waals surface area contributed by atoms with Crippen molar-refractivity contribution in [1.82, 2.24) is 10.3 Å². The number of para-hydroxylation sites is 1. The monoisotopic (exact) mass is 434 g/mol. The molecule has 1 aliphatic rings. The van der Waals surface area contributed by atoms with Gasteiger partial charge in [0.15, 0.2) is 0 Å². The molecule has 0 unspecified atom stereocenters. The Morgan fingerprint density at radius 2 is 1.78 bits per heavy atom. The van der Waals surface area contributed by atoms with Crippen molar-refractivity contribution in [3.8, 4) is 0 Å². The topological polar surface area (TPSA) is 112 Å². The molecule has 4 rings (SSSR count). The molecule has 0 bridgehead atoms. The fourth-order valence-corrected chi connectivity index (χ4v) is 3.85. The Morgan fingerprint density at radius 1 is 1.06 bits per heavy atom. The van der Waals surface area contributed by atoms with E-state index in [-0.39, 0.29) is 17.7 Å². The highest BCUT2D eigenvalue weighted by molar-refractivity contribution is 5.98. The molecule has 4 N–H and O–H groups in total. The molecule has 2 heterocycles. The molecule has 0 aliphatic carbocycles. The molecule has 1 saturated heterocycles. The van der Waals surface area contributed by atoms with Crippen LogP contribution in [0, 0.1) is 0 Å². The smallest absolute Gasteiger partial charge is 0.253 e. The first-order valence-corrected chi connectivity index (χ1v) is 10.6. The molecule has 0 radical (unpaired) electrons. The summed E-state index contributed by atoms with van der Waals surface area (Å²) < 4.78 is 5.39. The van der Waals surface area contributed by atoms with E-state index in [0.717, 1.165) is 29.3 Å². The van der Waals surface area contributed by atoms with Crippen molar-refractivity contribution >= 4 is 40.0 Å². The quantitative estimate of drug-likeness (QED) is 0.458. The van der Waals surface area contributed by atoms with Crippen LogP contribution in [0.5, 0.6) is 0 Å². The predicted octanol–water partition coefficient (Wildman–Crippen LogP) is 2.97. The number of benzene rings is 2. The third-order valence-corrected chi connectivity index (χ3v) is 5.44. The van der Waals surface area contributed by atoms with E-state index >= 15 is 0 Å². The predicted molar refractivity (Wildman–Crippen MR) is 122 cm³/mol. The highest BCUT2D eigenvalue weighted by Crippen LogP contribution is 2.21. The zero-order valence-corrected chi connectivity index (χ0v) is 17.8. The molecule has 2 aromatic carbocycles. The van der Waals surface area contributed by atoms with Crippen LogP contribution in [0.15, 0.2) is 54.7 Å². The third kappa shape index (κ3) is 5.15. The maximum absolute atomic E-state index is 12.9. The summed E-state index contributed by atoms with van der Waals surface area (Å²) in [5.41, 5.74) is 3.12. The number of H-pyrrole nitrogens is 1. The van der Waals surface area contributed by atoms with Crippen molar-refractivity contribution < 1.29 is 19.1 Å². The largest absolute Gasteiger partial charge is 0.368 e. The van der Waals surface area contributed by atoms with Crippen molar-refractivity contribution in [3.05, 3.63) is 60.3 Å². The minimum atomic E-state index is -0.731. The second-order valence-electron chi connectivity index (χ2n) is 7.87. The number of amides is 3. The number of fused-ring (bicyclic) bond motifs is 1. The summed E-state index contributed by atoms with van der Waals surface area (Å²) in [6.07, 6.45) is 3.42. The number of rotatable bonds is 7. The number of carbonyl (C=O) groups is 3. The van der Waals surface area contributed by atoms with E-state index in [1.165, 1.54) is 6.92 Å². The molecule has 1 aromatic heterocycles. The molecule has 0 saturated carbocycles. The molecule has 166 valence electrons. The second kappa shape index (κ2) is 9.65. The van der Waals surface area contributed by atoms with Crippen molar-refractivity contribution in [2.24, 2.45) is 0 Å². The van der Waals surface area contributed by atoms with Gasteiger partial charge in [-0.05, 0) is 48.7 Å². The summed E-state index contributed by atoms with van der Waals surface area (Å²) in [4.78, 5) is 40.0. The van der Waals surface area contributed by atoms with Gasteiger partial charge < -0.3 is 25.7 Å². The van der Waals surface area contributed by atoms with Gasteiger partial charge in [0, 0.05) is 48.4 Å². The lowest BCUT2D eigenvalue weighted by Gasteiger charge is -2.18. The van der Waals surface area contributed by atoms with Crippen LogP contribution in [0.4, 0.5) is 11.4 Å². The lowest BCUT2D eigenvalue weighted by atomic mass is 10.0. The third-order valence-electron chi connectivity index (χ3n) is 5.44. The summed E-state index contributed by atoms with van der Waals surface area (Å²) in [6, 6.07) is 13.9. The van der Waals surface area contributed by atoms with Crippen LogP contribution in [-0.2, 0) is 25.5 Å². The molecule has 0 spiro atoms. The lowest BCUT2D eigenvalue weighted by molar-refractivity contribution is -0.125. The number of nitrogens with one attached hydrogen (secondary N) is 4. The molecule has 1 aliphatic heterocycles. The van der Waals surface area contributed by atoms with E-state index in [1.54, 1.807) is 24.3 Å². The molecule has 3 amide bonds. The van der Waals surface area contributed by atoms with Gasteiger partial charge in [-0.15, -0.1) is 0 Å². The Bertz CT molecular complexity index is 1120. The summed E-state index contributed by atoms with van der Waals surface area (Å²) in [5.74, 6) is -0.762. The van der Waals surface area contributed by atoms with Gasteiger partial charge in [0.1, 0.15) is 12.1 Å². The molecule has 8 heteroatoms. The van der Waals surface area contributed by atoms with Crippen LogP contribution in [0.3, 0.4) is 0 Å². The first-order chi connectivity index (χ1) is 15.5. The normalized spacial score (nSPS) is 16.5. The van der Waals surface area contributed by atoms with Crippen LogP contribution >= 0.6 is 0 Å². The molecule has 8 nitrogen and oxygen atoms in total. The summed E-state index contributed by atoms with van der Waals surface area (Å²) in [5, 5.41) is 9.42. The zero-order valence-electron chi connectivity index (χ0n) is 17.8. The first-order valence-electron chi connectivity index (χ1n) is 10.6. The van der Waals surface area contributed by atoms with Gasteiger partial charge in [0.05, 0.1) is 0 Å². The number of hydrogen-bond donors (Lipinski definition) is 4. The van der Waals surface area contributed by atoms with E-state index in [2.05, 4.69) is 20.9 Å². The number of hydrogen-bond acceptors (Lipinski definition) is 4. The van der Waals surface area contributed by atoms with Crippen LogP contribution < -0.4 is 16.0 Å². The van der Waals surface area contributed by atoms with Crippen LogP contribution in [-0.4, -0.2) is 41.5 Å². The summed E-state index contributed by atoms with van der Waals surface area (Å²) in [7, 11) is 0. The van der Waals surface area contributed by atoms with Crippen molar-refractivity contribution in [3.63, 3.8) is 0 Å². The number of aromatic amines is 1. The molecule has 2 atom stereocenters. The minimum Gasteiger partial charge on any atom is -0.368 e. The Balaban J connectivity index is 1.41. The van der Waals surface area contributed by atoms with Gasteiger partial charge in [-0.25, -0.2) is 0 Å². The van der Waals surface area contributed by atoms with Crippen molar-refractivity contribution in [2.75, 3.05) is 17.2 Å². The van der Waals surface area contributed by atoms with Gasteiger partial charge in [-0.3, -0.25) is 14.4 Å². The van der Waals surface area contributed by atoms with Gasteiger partial charge in [0.25, 0.3) is 5.91 Å². The highest BCUT2D eigenvalue weighted by atomic mass is 16.5. The molecule has 1 fully saturated rings. The van der Waals surface area contributed by atoms with Gasteiger partial charge in [-0.2, -0.15) is 0 Å². The standard InChI is InChI=1S/C24H26N4O4/c1-15(29)26-21(13-16-14-25-20-6-3-2-5-19(16)20)23(30)27-17-8-10-18(11-9-17)28-24(31)22-7-4-12-32-22/h2-3,5-6,8-11,14,21-22,25H,4,7,12-13H2,1H3,(H,26,29)(H,27,30)(H,28,31)/t21-,22+/m0/s1. The maximum Gasteiger partial charge on any atom is 0.253 e. The fraction of sp³-hybridized carbons (Fsp3) is 0.292. The lowest BCUT2D eigenvalue weighted by Crippen LogP contribution is -2.44. The Labute approximate surface area is 185 Å². The highest BCUT2D eigenvalue weighted by Gasteiger charge is 2.24. The van der Waals surface area contributed by atoms with Gasteiger partial charge in [0.2, 0.25) is 11.8 Å². The summed E-state index contributed by atoms with van der Waals surface area (Å²) in [6.45, 7) is 2.00. The van der Waals surface area contributed by atoms with Gasteiger partial charge in [-0.1, -0.05) is 18.2 Å². The maximum atomic E-state index is 12.9. The second-order valence-corrected chi connectivity index (χ2v) is 7.87. The Kier molecular flexibility index (Phi) is 6.51. The first kappa shape index (κ1) is 21.6. The number of carbonyl (C=O) groups excluding carboxylic acids is 3. The molecule has 32 heavy (non-hydrogen) atoms. The molecular weight excluding hydrogens is 408 g/mol. The van der Waals surface area contributed by atoms with Crippen molar-refractivity contribution in [1.29, 1.82) is 0 Å². The van der Waals surface area contributed by atoms with Crippen molar-refractivity contribution in [2.45, 2.75) is 38.3 Å². The minimum absolute atomic E-state index is 0.163. The van der Waals surface area contributed by atoms with Gasteiger partial charge >= 0.3 is 0 Å². The summed E-state index contributed by atoms with van der Waals surface area (Å²) >= 11 is 0. The van der Waals surface area contributed by atoms with E-state index < -0.39 is 12.1 Å². The average molecular weight is 434 g/mol. The molecule has 3 aromatic rings. The zero-order chi connectivity index (χ0) is 22.5. The Morgan fingerprint density at radius 3 is 2.47 bits per heavy atom.